The maximum Gasteiger partial charge on any atom is 0.263 e. The van der Waals surface area contributed by atoms with Crippen LogP contribution < -0.4 is 10.3 Å². The Morgan fingerprint density at radius 3 is 2.84 bits per heavy atom. The normalized spacial score (nSPS) is 12.6. The third kappa shape index (κ3) is 3.40. The molecule has 0 saturated heterocycles. The first kappa shape index (κ1) is 20.9. The van der Waals surface area contributed by atoms with Gasteiger partial charge in [-0.15, -0.1) is 0 Å². The van der Waals surface area contributed by atoms with Gasteiger partial charge in [0, 0.05) is 29.0 Å². The van der Waals surface area contributed by atoms with E-state index in [-0.39, 0.29) is 29.0 Å². The van der Waals surface area contributed by atoms with Crippen molar-refractivity contribution in [3.05, 3.63) is 88.6 Å². The van der Waals surface area contributed by atoms with Crippen LogP contribution in [0.5, 0.6) is 5.75 Å². The van der Waals surface area contributed by atoms with E-state index in [0.717, 1.165) is 12.3 Å². The van der Waals surface area contributed by atoms with E-state index in [9.17, 15) is 18.8 Å². The topological polar surface area (TPSA) is 80.3 Å². The molecule has 32 heavy (non-hydrogen) atoms. The molecule has 8 heteroatoms. The molecule has 0 unspecified atom stereocenters. The fourth-order valence-electron chi connectivity index (χ4n) is 3.60. The minimum absolute atomic E-state index is 0.0312. The number of allylic oxidation sites excluding steroid dienone is 2. The van der Waals surface area contributed by atoms with Gasteiger partial charge in [0.25, 0.3) is 5.56 Å². The Labute approximate surface area is 182 Å². The Kier molecular flexibility index (Phi) is 5.48. The molecule has 0 aliphatic carbocycles. The maximum absolute atomic E-state index is 14.3. The van der Waals surface area contributed by atoms with Gasteiger partial charge in [-0.1, -0.05) is 24.8 Å². The number of ether oxygens (including phenoxy) is 1. The van der Waals surface area contributed by atoms with Crippen LogP contribution in [0, 0.1) is 23.0 Å². The fourth-order valence-corrected chi connectivity index (χ4v) is 3.60. The second-order valence-electron chi connectivity index (χ2n) is 6.80. The van der Waals surface area contributed by atoms with Crippen molar-refractivity contribution in [2.75, 3.05) is 0 Å². The van der Waals surface area contributed by atoms with Gasteiger partial charge in [-0.2, -0.15) is 5.26 Å². The number of halogens is 2. The molecular formula is C24H16F2N4O2. The lowest BCUT2D eigenvalue weighted by Gasteiger charge is -2.25. The number of aromatic nitrogens is 2. The van der Waals surface area contributed by atoms with Gasteiger partial charge in [0.2, 0.25) is 0 Å². The molecule has 1 aromatic carbocycles. The molecular weight excluding hydrogens is 414 g/mol. The summed E-state index contributed by atoms with van der Waals surface area (Å²) < 4.78 is 35.1. The quantitative estimate of drug-likeness (QED) is 0.562. The van der Waals surface area contributed by atoms with E-state index in [4.69, 9.17) is 4.74 Å². The number of aliphatic imine (C=N–C) groups is 1. The molecule has 0 spiro atoms. The Morgan fingerprint density at radius 1 is 1.31 bits per heavy atom. The molecule has 4 rings (SSSR count). The standard InChI is InChI=1S/C24H16F2N4O2/c1-3-15(12-28-4-2)30-21-13-32-22-8-14(25)11-29-23(22)18(21)9-17(24(30)31)16-6-5-7-20(26)19(16)10-27/h3-9,11-12H,2,13H2,1H3/b15-3+,28-12-. The number of nitriles is 1. The number of hydrogen-bond acceptors (Lipinski definition) is 5. The minimum atomic E-state index is -0.739. The molecule has 0 saturated carbocycles. The number of rotatable bonds is 4. The summed E-state index contributed by atoms with van der Waals surface area (Å²) in [5.41, 5.74) is 1.18. The highest BCUT2D eigenvalue weighted by molar-refractivity contribution is 6.03. The highest BCUT2D eigenvalue weighted by atomic mass is 19.1. The van der Waals surface area contributed by atoms with Crippen molar-refractivity contribution < 1.29 is 13.5 Å². The van der Waals surface area contributed by atoms with Gasteiger partial charge >= 0.3 is 0 Å². The van der Waals surface area contributed by atoms with E-state index in [1.165, 1.54) is 41.2 Å². The largest absolute Gasteiger partial charge is 0.485 e. The Hall–Kier alpha value is -4.38. The Balaban J connectivity index is 2.13. The number of hydrogen-bond donors (Lipinski definition) is 0. The van der Waals surface area contributed by atoms with Crippen molar-refractivity contribution in [3.8, 4) is 34.2 Å². The molecule has 0 N–H and O–H groups in total. The van der Waals surface area contributed by atoms with E-state index in [1.807, 2.05) is 6.07 Å². The fraction of sp³-hybridized carbons (Fsp3) is 0.0833. The van der Waals surface area contributed by atoms with Crippen molar-refractivity contribution in [1.82, 2.24) is 9.55 Å². The summed E-state index contributed by atoms with van der Waals surface area (Å²) in [5, 5.41) is 9.50. The number of benzene rings is 1. The summed E-state index contributed by atoms with van der Waals surface area (Å²) in [7, 11) is 0. The predicted octanol–water partition coefficient (Wildman–Crippen LogP) is 4.69. The van der Waals surface area contributed by atoms with E-state index >= 15 is 0 Å². The average Bonchev–Trinajstić information content (AvgIpc) is 2.79. The number of nitrogens with zero attached hydrogens (tertiary/aromatic N) is 4. The molecule has 1 aliphatic rings. The van der Waals surface area contributed by atoms with Crippen LogP contribution in [0.2, 0.25) is 0 Å². The summed E-state index contributed by atoms with van der Waals surface area (Å²) in [6.07, 6.45) is 5.48. The van der Waals surface area contributed by atoms with E-state index in [1.54, 1.807) is 13.0 Å². The van der Waals surface area contributed by atoms with Gasteiger partial charge in [-0.3, -0.25) is 14.4 Å². The van der Waals surface area contributed by atoms with Crippen molar-refractivity contribution in [3.63, 3.8) is 0 Å². The van der Waals surface area contributed by atoms with Gasteiger partial charge in [-0.25, -0.2) is 13.8 Å². The SMILES string of the molecule is C=C/N=C\C(=C/C)n1c2c(cc(-c3cccc(F)c3C#N)c1=O)-c1ncc(F)cc1OC2. The third-order valence-corrected chi connectivity index (χ3v) is 5.02. The average molecular weight is 430 g/mol. The smallest absolute Gasteiger partial charge is 0.263 e. The van der Waals surface area contributed by atoms with Crippen molar-refractivity contribution >= 4 is 11.9 Å². The highest BCUT2D eigenvalue weighted by Crippen LogP contribution is 2.38. The second kappa shape index (κ2) is 8.40. The van der Waals surface area contributed by atoms with Crippen LogP contribution in [0.25, 0.3) is 28.1 Å². The lowest BCUT2D eigenvalue weighted by Crippen LogP contribution is -2.28. The molecule has 0 radical (unpaired) electrons. The number of fused-ring (bicyclic) bond motifs is 3. The summed E-state index contributed by atoms with van der Waals surface area (Å²) in [4.78, 5) is 21.8. The zero-order valence-corrected chi connectivity index (χ0v) is 17.0. The van der Waals surface area contributed by atoms with Crippen LogP contribution in [0.1, 0.15) is 18.2 Å². The van der Waals surface area contributed by atoms with Gasteiger partial charge in [0.15, 0.2) is 0 Å². The van der Waals surface area contributed by atoms with Crippen LogP contribution in [0.3, 0.4) is 0 Å². The van der Waals surface area contributed by atoms with Crippen LogP contribution >= 0.6 is 0 Å². The van der Waals surface area contributed by atoms with Crippen molar-refractivity contribution in [1.29, 1.82) is 5.26 Å². The third-order valence-electron chi connectivity index (χ3n) is 5.02. The van der Waals surface area contributed by atoms with Gasteiger partial charge in [0.05, 0.1) is 29.4 Å². The van der Waals surface area contributed by atoms with Gasteiger partial charge < -0.3 is 4.74 Å². The molecule has 6 nitrogen and oxygen atoms in total. The summed E-state index contributed by atoms with van der Waals surface area (Å²) in [6, 6.07) is 8.65. The van der Waals surface area contributed by atoms with Crippen LogP contribution in [-0.2, 0) is 6.61 Å². The first-order chi connectivity index (χ1) is 15.5. The van der Waals surface area contributed by atoms with E-state index in [2.05, 4.69) is 16.6 Å². The summed E-state index contributed by atoms with van der Waals surface area (Å²) >= 11 is 0. The van der Waals surface area contributed by atoms with Gasteiger partial charge in [-0.05, 0) is 19.1 Å². The summed E-state index contributed by atoms with van der Waals surface area (Å²) in [5.74, 6) is -1.09. The molecule has 3 heterocycles. The van der Waals surface area contributed by atoms with Crippen LogP contribution in [0.4, 0.5) is 8.78 Å². The molecule has 1 aliphatic heterocycles. The Bertz CT molecular complexity index is 1410. The van der Waals surface area contributed by atoms with Gasteiger partial charge in [0.1, 0.15) is 35.8 Å². The first-order valence-corrected chi connectivity index (χ1v) is 9.57. The molecule has 158 valence electrons. The molecule has 2 aromatic heterocycles. The second-order valence-corrected chi connectivity index (χ2v) is 6.80. The lowest BCUT2D eigenvalue weighted by molar-refractivity contribution is 0.291. The monoisotopic (exact) mass is 430 g/mol. The molecule has 3 aromatic rings. The molecule has 0 bridgehead atoms. The minimum Gasteiger partial charge on any atom is -0.485 e. The maximum atomic E-state index is 14.3. The lowest BCUT2D eigenvalue weighted by atomic mass is 9.96. The predicted molar refractivity (Wildman–Crippen MR) is 117 cm³/mol. The van der Waals surface area contributed by atoms with E-state index < -0.39 is 17.2 Å². The zero-order valence-electron chi connectivity index (χ0n) is 17.0. The molecule has 0 atom stereocenters. The van der Waals surface area contributed by atoms with Crippen LogP contribution in [-0.4, -0.2) is 15.8 Å². The highest BCUT2D eigenvalue weighted by Gasteiger charge is 2.27. The Morgan fingerprint density at radius 2 is 2.12 bits per heavy atom. The first-order valence-electron chi connectivity index (χ1n) is 9.57. The molecule has 0 fully saturated rings. The van der Waals surface area contributed by atoms with Crippen molar-refractivity contribution in [2.24, 2.45) is 4.99 Å². The zero-order chi connectivity index (χ0) is 22.8. The van der Waals surface area contributed by atoms with E-state index in [0.29, 0.717) is 22.6 Å². The summed E-state index contributed by atoms with van der Waals surface area (Å²) in [6.45, 7) is 5.24. The number of pyridine rings is 2. The molecule has 0 amide bonds. The van der Waals surface area contributed by atoms with Crippen LogP contribution in [0.15, 0.2) is 65.2 Å². The van der Waals surface area contributed by atoms with Crippen molar-refractivity contribution in [2.45, 2.75) is 13.5 Å².